The first-order valence-electron chi connectivity index (χ1n) is 8.46. The maximum Gasteiger partial charge on any atom is 0.219 e. The summed E-state index contributed by atoms with van der Waals surface area (Å²) in [5, 5.41) is 6.61. The smallest absolute Gasteiger partial charge is 0.219 e. The first-order chi connectivity index (χ1) is 11.2. The van der Waals surface area contributed by atoms with Crippen molar-refractivity contribution in [3.05, 3.63) is 17.3 Å². The monoisotopic (exact) mass is 332 g/mol. The molecular formula is C17H24N4OS. The lowest BCUT2D eigenvalue weighted by Gasteiger charge is -2.30. The summed E-state index contributed by atoms with van der Waals surface area (Å²) < 4.78 is 0. The average Bonchev–Trinajstić information content (AvgIpc) is 3.03. The highest BCUT2D eigenvalue weighted by molar-refractivity contribution is 7.16. The molecule has 0 bridgehead atoms. The fourth-order valence-corrected chi connectivity index (χ4v) is 4.21. The molecular weight excluding hydrogens is 308 g/mol. The van der Waals surface area contributed by atoms with Crippen LogP contribution in [0.4, 0.5) is 5.82 Å². The number of aromatic nitrogens is 2. The second-order valence-corrected chi connectivity index (χ2v) is 7.20. The highest BCUT2D eigenvalue weighted by Crippen LogP contribution is 2.32. The number of carbonyl (C=O) groups is 1. The van der Waals surface area contributed by atoms with E-state index in [2.05, 4.69) is 22.2 Å². The second-order valence-electron chi connectivity index (χ2n) is 6.30. The van der Waals surface area contributed by atoms with E-state index in [9.17, 15) is 4.79 Å². The molecule has 1 saturated carbocycles. The molecule has 1 aliphatic carbocycles. The van der Waals surface area contributed by atoms with Crippen LogP contribution in [0.5, 0.6) is 0 Å². The molecule has 124 valence electrons. The molecule has 6 heteroatoms. The van der Waals surface area contributed by atoms with Crippen LogP contribution in [0.15, 0.2) is 11.4 Å². The van der Waals surface area contributed by atoms with Crippen LogP contribution in [-0.2, 0) is 11.2 Å². The van der Waals surface area contributed by atoms with Crippen LogP contribution < -0.4 is 11.1 Å². The first kappa shape index (κ1) is 16.2. The molecule has 1 unspecified atom stereocenters. The van der Waals surface area contributed by atoms with E-state index in [0.29, 0.717) is 12.3 Å². The van der Waals surface area contributed by atoms with Crippen LogP contribution in [0.25, 0.3) is 10.2 Å². The van der Waals surface area contributed by atoms with Crippen molar-refractivity contribution >= 4 is 33.3 Å². The third kappa shape index (κ3) is 3.80. The molecule has 3 rings (SSSR count). The van der Waals surface area contributed by atoms with Crippen molar-refractivity contribution < 1.29 is 4.79 Å². The van der Waals surface area contributed by atoms with Crippen LogP contribution >= 0.6 is 11.3 Å². The summed E-state index contributed by atoms with van der Waals surface area (Å²) in [6, 6.07) is 2.11. The number of carbonyl (C=O) groups excluding carboxylic acids is 1. The second kappa shape index (κ2) is 7.25. The maximum atomic E-state index is 11.5. The largest absolute Gasteiger partial charge is 0.370 e. The van der Waals surface area contributed by atoms with Crippen LogP contribution in [0, 0.1) is 5.92 Å². The van der Waals surface area contributed by atoms with E-state index in [1.807, 2.05) is 11.4 Å². The Morgan fingerprint density at radius 2 is 2.17 bits per heavy atom. The van der Waals surface area contributed by atoms with Gasteiger partial charge in [0.25, 0.3) is 0 Å². The highest BCUT2D eigenvalue weighted by atomic mass is 32.1. The standard InChI is InChI=1S/C17H24N4OS/c1-2-15-20-16(12-8-9-23-17(12)21-15)19-13(10-14(18)22)11-6-4-3-5-7-11/h8-9,11,13H,2-7,10H2,1H3,(H2,18,22)(H,19,20,21). The van der Waals surface area contributed by atoms with E-state index in [1.165, 1.54) is 19.3 Å². The Hall–Kier alpha value is -1.69. The van der Waals surface area contributed by atoms with Crippen molar-refractivity contribution in [2.75, 3.05) is 5.32 Å². The van der Waals surface area contributed by atoms with Gasteiger partial charge in [0.05, 0.1) is 5.39 Å². The fourth-order valence-electron chi connectivity index (χ4n) is 3.43. The number of thiophene rings is 1. The number of rotatable bonds is 6. The lowest BCUT2D eigenvalue weighted by molar-refractivity contribution is -0.118. The van der Waals surface area contributed by atoms with Crippen molar-refractivity contribution in [2.45, 2.75) is 57.9 Å². The van der Waals surface area contributed by atoms with E-state index in [4.69, 9.17) is 5.73 Å². The minimum atomic E-state index is -0.251. The molecule has 0 aromatic carbocycles. The Bertz CT molecular complexity index is 678. The fraction of sp³-hybridized carbons (Fsp3) is 0.588. The lowest BCUT2D eigenvalue weighted by atomic mass is 9.82. The molecule has 23 heavy (non-hydrogen) atoms. The summed E-state index contributed by atoms with van der Waals surface area (Å²) in [4.78, 5) is 21.8. The Morgan fingerprint density at radius 3 is 2.87 bits per heavy atom. The van der Waals surface area contributed by atoms with Gasteiger partial charge in [-0.15, -0.1) is 11.3 Å². The zero-order valence-corrected chi connectivity index (χ0v) is 14.4. The van der Waals surface area contributed by atoms with Gasteiger partial charge in [-0.1, -0.05) is 26.2 Å². The van der Waals surface area contributed by atoms with Crippen LogP contribution in [0.3, 0.4) is 0 Å². The number of hydrogen-bond acceptors (Lipinski definition) is 5. The van der Waals surface area contributed by atoms with Crippen molar-refractivity contribution in [2.24, 2.45) is 11.7 Å². The van der Waals surface area contributed by atoms with E-state index >= 15 is 0 Å². The van der Waals surface area contributed by atoms with E-state index < -0.39 is 0 Å². The molecule has 2 aromatic rings. The number of primary amides is 1. The van der Waals surface area contributed by atoms with Crippen molar-refractivity contribution in [3.8, 4) is 0 Å². The molecule has 1 fully saturated rings. The molecule has 3 N–H and O–H groups in total. The van der Waals surface area contributed by atoms with Gasteiger partial charge >= 0.3 is 0 Å². The summed E-state index contributed by atoms with van der Waals surface area (Å²) >= 11 is 1.62. The summed E-state index contributed by atoms with van der Waals surface area (Å²) in [6.45, 7) is 2.06. The number of nitrogens with two attached hydrogens (primary N) is 1. The Balaban J connectivity index is 1.89. The SMILES string of the molecule is CCc1nc(NC(CC(N)=O)C2CCCCC2)c2ccsc2n1. The molecule has 0 radical (unpaired) electrons. The summed E-state index contributed by atoms with van der Waals surface area (Å²) in [5.41, 5.74) is 5.49. The van der Waals surface area contributed by atoms with Crippen LogP contribution in [-0.4, -0.2) is 21.9 Å². The molecule has 5 nitrogen and oxygen atoms in total. The maximum absolute atomic E-state index is 11.5. The molecule has 1 aliphatic rings. The number of amides is 1. The van der Waals surface area contributed by atoms with E-state index in [0.717, 1.165) is 41.1 Å². The first-order valence-corrected chi connectivity index (χ1v) is 9.34. The van der Waals surface area contributed by atoms with Gasteiger partial charge in [-0.05, 0) is 30.2 Å². The Morgan fingerprint density at radius 1 is 1.39 bits per heavy atom. The topological polar surface area (TPSA) is 80.9 Å². The number of nitrogens with one attached hydrogen (secondary N) is 1. The van der Waals surface area contributed by atoms with Gasteiger partial charge in [0.15, 0.2) is 0 Å². The Kier molecular flexibility index (Phi) is 5.10. The Labute approximate surface area is 140 Å². The summed E-state index contributed by atoms with van der Waals surface area (Å²) in [6.07, 6.45) is 7.24. The molecule has 2 aromatic heterocycles. The summed E-state index contributed by atoms with van der Waals surface area (Å²) in [7, 11) is 0. The predicted molar refractivity (Wildman–Crippen MR) is 94.6 cm³/mol. The van der Waals surface area contributed by atoms with Gasteiger partial charge in [0.1, 0.15) is 16.5 Å². The van der Waals surface area contributed by atoms with Crippen molar-refractivity contribution in [1.82, 2.24) is 9.97 Å². The predicted octanol–water partition coefficient (Wildman–Crippen LogP) is 3.49. The summed E-state index contributed by atoms with van der Waals surface area (Å²) in [5.74, 6) is 1.93. The lowest BCUT2D eigenvalue weighted by Crippen LogP contribution is -2.35. The van der Waals surface area contributed by atoms with Gasteiger partial charge < -0.3 is 11.1 Å². The number of anilines is 1. The zero-order chi connectivity index (χ0) is 16.2. The van der Waals surface area contributed by atoms with E-state index in [1.54, 1.807) is 11.3 Å². The molecule has 1 amide bonds. The van der Waals surface area contributed by atoms with Crippen LogP contribution in [0.1, 0.15) is 51.3 Å². The van der Waals surface area contributed by atoms with Crippen LogP contribution in [0.2, 0.25) is 0 Å². The zero-order valence-electron chi connectivity index (χ0n) is 13.5. The van der Waals surface area contributed by atoms with Crippen molar-refractivity contribution in [3.63, 3.8) is 0 Å². The molecule has 1 atom stereocenters. The average molecular weight is 332 g/mol. The molecule has 0 saturated heterocycles. The van der Waals surface area contributed by atoms with Crippen molar-refractivity contribution in [1.29, 1.82) is 0 Å². The third-order valence-corrected chi connectivity index (χ3v) is 5.46. The van der Waals surface area contributed by atoms with Gasteiger partial charge in [-0.25, -0.2) is 9.97 Å². The van der Waals surface area contributed by atoms with Gasteiger partial charge in [0, 0.05) is 18.9 Å². The molecule has 2 heterocycles. The van der Waals surface area contributed by atoms with E-state index in [-0.39, 0.29) is 11.9 Å². The number of fused-ring (bicyclic) bond motifs is 1. The molecule has 0 spiro atoms. The van der Waals surface area contributed by atoms with Gasteiger partial charge in [-0.2, -0.15) is 0 Å². The molecule has 0 aliphatic heterocycles. The quantitative estimate of drug-likeness (QED) is 0.848. The number of nitrogens with zero attached hydrogens (tertiary/aromatic N) is 2. The minimum Gasteiger partial charge on any atom is -0.370 e. The number of hydrogen-bond donors (Lipinski definition) is 2. The minimum absolute atomic E-state index is 0.0653. The van der Waals surface area contributed by atoms with Gasteiger partial charge in [-0.3, -0.25) is 4.79 Å². The van der Waals surface area contributed by atoms with Gasteiger partial charge in [0.2, 0.25) is 5.91 Å². The highest BCUT2D eigenvalue weighted by Gasteiger charge is 2.26. The normalized spacial score (nSPS) is 17.3. The third-order valence-electron chi connectivity index (χ3n) is 4.65. The number of aryl methyl sites for hydroxylation is 1.